The van der Waals surface area contributed by atoms with Crippen LogP contribution in [0.4, 0.5) is 5.00 Å². The highest BCUT2D eigenvalue weighted by Gasteiger charge is 2.27. The minimum absolute atomic E-state index is 0.140. The lowest BCUT2D eigenvalue weighted by Gasteiger charge is -2.18. The summed E-state index contributed by atoms with van der Waals surface area (Å²) >= 11 is 2.75. The number of methoxy groups -OCH3 is 1. The summed E-state index contributed by atoms with van der Waals surface area (Å²) in [5.41, 5.74) is 7.98. The Balaban J connectivity index is 1.45. The summed E-state index contributed by atoms with van der Waals surface area (Å²) in [5, 5.41) is 12.5. The number of ether oxygens (including phenoxy) is 1. The molecule has 1 aromatic carbocycles. The van der Waals surface area contributed by atoms with Gasteiger partial charge in [0.25, 0.3) is 5.91 Å². The Kier molecular flexibility index (Phi) is 6.52. The number of benzene rings is 1. The lowest BCUT2D eigenvalue weighted by Crippen LogP contribution is -2.20. The molecule has 1 aliphatic carbocycles. The number of aromatic nitrogens is 3. The van der Waals surface area contributed by atoms with Gasteiger partial charge in [-0.2, -0.15) is 0 Å². The van der Waals surface area contributed by atoms with Gasteiger partial charge in [-0.05, 0) is 42.9 Å². The first kappa shape index (κ1) is 22.3. The van der Waals surface area contributed by atoms with Crippen molar-refractivity contribution in [3.05, 3.63) is 40.3 Å². The fourth-order valence-electron chi connectivity index (χ4n) is 3.85. The summed E-state index contributed by atoms with van der Waals surface area (Å²) in [6.07, 6.45) is 2.76. The van der Waals surface area contributed by atoms with E-state index in [1.807, 2.05) is 35.9 Å². The van der Waals surface area contributed by atoms with Crippen molar-refractivity contribution in [3.8, 4) is 17.1 Å². The van der Waals surface area contributed by atoms with E-state index >= 15 is 0 Å². The van der Waals surface area contributed by atoms with E-state index in [9.17, 15) is 9.59 Å². The highest BCUT2D eigenvalue weighted by molar-refractivity contribution is 7.99. The van der Waals surface area contributed by atoms with E-state index in [1.54, 1.807) is 7.11 Å². The third-order valence-corrected chi connectivity index (χ3v) is 7.70. The quantitative estimate of drug-likeness (QED) is 0.510. The van der Waals surface area contributed by atoms with E-state index < -0.39 is 5.91 Å². The summed E-state index contributed by atoms with van der Waals surface area (Å²) < 4.78 is 7.11. The lowest BCUT2D eigenvalue weighted by atomic mass is 9.88. The second kappa shape index (κ2) is 9.33. The van der Waals surface area contributed by atoms with Crippen LogP contribution in [0, 0.1) is 5.92 Å². The molecule has 0 saturated heterocycles. The molecule has 0 radical (unpaired) electrons. The maximum absolute atomic E-state index is 12.7. The summed E-state index contributed by atoms with van der Waals surface area (Å²) in [6, 6.07) is 7.57. The van der Waals surface area contributed by atoms with Gasteiger partial charge >= 0.3 is 0 Å². The number of thioether (sulfide) groups is 1. The van der Waals surface area contributed by atoms with Crippen molar-refractivity contribution in [2.24, 2.45) is 18.7 Å². The molecule has 2 aromatic heterocycles. The number of amides is 2. The average Bonchev–Trinajstić information content (AvgIpc) is 3.31. The van der Waals surface area contributed by atoms with Gasteiger partial charge in [0, 0.05) is 17.5 Å². The van der Waals surface area contributed by atoms with E-state index in [2.05, 4.69) is 22.4 Å². The second-order valence-electron chi connectivity index (χ2n) is 7.85. The van der Waals surface area contributed by atoms with Crippen LogP contribution in [0.25, 0.3) is 11.4 Å². The van der Waals surface area contributed by atoms with Gasteiger partial charge in [0.05, 0.1) is 18.4 Å². The Labute approximate surface area is 194 Å². The normalized spacial score (nSPS) is 15.3. The van der Waals surface area contributed by atoms with Crippen LogP contribution in [0.5, 0.6) is 5.75 Å². The molecule has 10 heteroatoms. The first-order chi connectivity index (χ1) is 15.4. The molecule has 1 aliphatic rings. The summed E-state index contributed by atoms with van der Waals surface area (Å²) in [7, 11) is 3.47. The van der Waals surface area contributed by atoms with Crippen molar-refractivity contribution in [2.45, 2.75) is 31.3 Å². The number of thiophene rings is 1. The van der Waals surface area contributed by atoms with Crippen LogP contribution < -0.4 is 15.8 Å². The van der Waals surface area contributed by atoms with Crippen LogP contribution in [0.2, 0.25) is 0 Å². The van der Waals surface area contributed by atoms with Gasteiger partial charge in [-0.1, -0.05) is 30.8 Å². The van der Waals surface area contributed by atoms with Crippen molar-refractivity contribution in [3.63, 3.8) is 0 Å². The first-order valence-electron chi connectivity index (χ1n) is 10.3. The number of anilines is 1. The second-order valence-corrected chi connectivity index (χ2v) is 9.90. The molecule has 2 amide bonds. The molecule has 3 aromatic rings. The molecule has 8 nitrogen and oxygen atoms in total. The molecule has 0 bridgehead atoms. The van der Waals surface area contributed by atoms with E-state index in [0.29, 0.717) is 27.5 Å². The highest BCUT2D eigenvalue weighted by atomic mass is 32.2. The van der Waals surface area contributed by atoms with Crippen LogP contribution in [0.3, 0.4) is 0 Å². The maximum Gasteiger partial charge on any atom is 0.251 e. The van der Waals surface area contributed by atoms with E-state index in [1.165, 1.54) is 23.1 Å². The van der Waals surface area contributed by atoms with Crippen molar-refractivity contribution >= 4 is 39.9 Å². The van der Waals surface area contributed by atoms with Crippen LogP contribution in [-0.2, 0) is 24.7 Å². The number of hydrogen-bond donors (Lipinski definition) is 2. The molecular formula is C22H25N5O3S2. The van der Waals surface area contributed by atoms with Gasteiger partial charge in [0.1, 0.15) is 10.8 Å². The van der Waals surface area contributed by atoms with Gasteiger partial charge in [-0.15, -0.1) is 21.5 Å². The number of rotatable bonds is 7. The summed E-state index contributed by atoms with van der Waals surface area (Å²) in [5.74, 6) is 1.42. The van der Waals surface area contributed by atoms with Gasteiger partial charge in [0.2, 0.25) is 5.91 Å². The Morgan fingerprint density at radius 1 is 1.38 bits per heavy atom. The summed E-state index contributed by atoms with van der Waals surface area (Å²) in [4.78, 5) is 25.9. The molecule has 2 heterocycles. The largest absolute Gasteiger partial charge is 0.497 e. The van der Waals surface area contributed by atoms with Crippen LogP contribution in [0.15, 0.2) is 29.4 Å². The zero-order valence-electron chi connectivity index (χ0n) is 18.2. The van der Waals surface area contributed by atoms with Crippen molar-refractivity contribution in [1.82, 2.24) is 14.8 Å². The van der Waals surface area contributed by atoms with Gasteiger partial charge in [-0.25, -0.2) is 0 Å². The Morgan fingerprint density at radius 2 is 2.19 bits per heavy atom. The number of nitrogens with two attached hydrogens (primary N) is 1. The number of primary amides is 1. The Bertz CT molecular complexity index is 1170. The first-order valence-corrected chi connectivity index (χ1v) is 12.1. The molecule has 32 heavy (non-hydrogen) atoms. The predicted molar refractivity (Wildman–Crippen MR) is 126 cm³/mol. The molecule has 1 atom stereocenters. The van der Waals surface area contributed by atoms with Gasteiger partial charge < -0.3 is 20.4 Å². The zero-order valence-corrected chi connectivity index (χ0v) is 19.8. The molecule has 0 unspecified atom stereocenters. The molecule has 0 fully saturated rings. The van der Waals surface area contributed by atoms with Crippen LogP contribution in [-0.4, -0.2) is 39.4 Å². The van der Waals surface area contributed by atoms with Crippen molar-refractivity contribution < 1.29 is 14.3 Å². The standard InChI is InChI=1S/C22H25N5O3S2/c1-12-7-8-15-16(9-12)32-21(18(15)19(23)29)24-17(28)11-31-22-26-25-20(27(22)2)13-5-4-6-14(10-13)30-3/h4-6,10,12H,7-9,11H2,1-3H3,(H2,23,29)(H,24,28)/t12-/m0/s1. The van der Waals surface area contributed by atoms with Crippen LogP contribution >= 0.6 is 23.1 Å². The average molecular weight is 472 g/mol. The van der Waals surface area contributed by atoms with E-state index in [-0.39, 0.29) is 11.7 Å². The third kappa shape index (κ3) is 4.51. The number of carbonyl (C=O) groups excluding carboxylic acids is 2. The monoisotopic (exact) mass is 471 g/mol. The molecule has 0 aliphatic heterocycles. The Hall–Kier alpha value is -2.85. The maximum atomic E-state index is 12.7. The lowest BCUT2D eigenvalue weighted by molar-refractivity contribution is -0.113. The topological polar surface area (TPSA) is 112 Å². The molecule has 4 rings (SSSR count). The Morgan fingerprint density at radius 3 is 2.94 bits per heavy atom. The number of nitrogens with one attached hydrogen (secondary N) is 1. The number of carbonyl (C=O) groups is 2. The predicted octanol–water partition coefficient (Wildman–Crippen LogP) is 3.51. The fourth-order valence-corrected chi connectivity index (χ4v) is 5.99. The van der Waals surface area contributed by atoms with Crippen LogP contribution in [0.1, 0.15) is 34.1 Å². The zero-order chi connectivity index (χ0) is 22.8. The number of hydrogen-bond acceptors (Lipinski definition) is 7. The molecule has 0 saturated carbocycles. The minimum atomic E-state index is -0.490. The number of nitrogens with zero attached hydrogens (tertiary/aromatic N) is 3. The third-order valence-electron chi connectivity index (χ3n) is 5.51. The minimum Gasteiger partial charge on any atom is -0.497 e. The highest BCUT2D eigenvalue weighted by Crippen LogP contribution is 2.39. The van der Waals surface area contributed by atoms with E-state index in [0.717, 1.165) is 41.0 Å². The van der Waals surface area contributed by atoms with E-state index in [4.69, 9.17) is 10.5 Å². The summed E-state index contributed by atoms with van der Waals surface area (Å²) in [6.45, 7) is 2.20. The smallest absolute Gasteiger partial charge is 0.251 e. The molecule has 3 N–H and O–H groups in total. The van der Waals surface area contributed by atoms with Gasteiger partial charge in [-0.3, -0.25) is 9.59 Å². The van der Waals surface area contributed by atoms with Crippen molar-refractivity contribution in [1.29, 1.82) is 0 Å². The molecular weight excluding hydrogens is 446 g/mol. The van der Waals surface area contributed by atoms with Gasteiger partial charge in [0.15, 0.2) is 11.0 Å². The SMILES string of the molecule is COc1cccc(-c2nnc(SCC(=O)Nc3sc4c(c3C(N)=O)CC[C@H](C)C4)n2C)c1. The molecule has 0 spiro atoms. The fraction of sp³-hybridized carbons (Fsp3) is 0.364. The number of fused-ring (bicyclic) bond motifs is 1. The molecule has 168 valence electrons. The van der Waals surface area contributed by atoms with Crippen molar-refractivity contribution in [2.75, 3.05) is 18.2 Å².